The second kappa shape index (κ2) is 7.15. The topological polar surface area (TPSA) is 68.0 Å². The Balaban J connectivity index is 2.04. The maximum Gasteiger partial charge on any atom is 0.249 e. The van der Waals surface area contributed by atoms with E-state index in [0.717, 1.165) is 12.8 Å². The molecule has 5 nitrogen and oxygen atoms in total. The summed E-state index contributed by atoms with van der Waals surface area (Å²) in [7, 11) is 0. The van der Waals surface area contributed by atoms with Crippen LogP contribution < -0.4 is 5.32 Å². The molecular weight excluding hydrogens is 285 g/mol. The van der Waals surface area contributed by atoms with Gasteiger partial charge in [-0.2, -0.15) is 4.98 Å². The maximum atomic E-state index is 12.9. The van der Waals surface area contributed by atoms with Gasteiger partial charge in [-0.05, 0) is 37.6 Å². The zero-order chi connectivity index (χ0) is 16.1. The van der Waals surface area contributed by atoms with Crippen LogP contribution in [0.4, 0.5) is 4.39 Å². The summed E-state index contributed by atoms with van der Waals surface area (Å²) in [6.07, 6.45) is 1.79. The van der Waals surface area contributed by atoms with Gasteiger partial charge in [0, 0.05) is 11.5 Å². The Labute approximate surface area is 128 Å². The number of nitrogens with zero attached hydrogens (tertiary/aromatic N) is 2. The minimum absolute atomic E-state index is 0.0316. The molecular formula is C16H20FN3O2. The molecule has 1 aromatic carbocycles. The molecule has 0 saturated heterocycles. The van der Waals surface area contributed by atoms with Crippen molar-refractivity contribution >= 4 is 5.91 Å². The highest BCUT2D eigenvalue weighted by Gasteiger charge is 2.20. The molecule has 0 aliphatic carbocycles. The molecule has 1 aromatic heterocycles. The van der Waals surface area contributed by atoms with Crippen LogP contribution in [-0.4, -0.2) is 16.0 Å². The molecule has 0 unspecified atom stereocenters. The zero-order valence-corrected chi connectivity index (χ0v) is 13.0. The van der Waals surface area contributed by atoms with Crippen molar-refractivity contribution in [2.45, 2.75) is 39.7 Å². The molecule has 2 rings (SSSR count). The number of rotatable bonds is 6. The Morgan fingerprint density at radius 1 is 1.32 bits per heavy atom. The minimum atomic E-state index is -0.367. The Morgan fingerprint density at radius 2 is 2.00 bits per heavy atom. The molecule has 22 heavy (non-hydrogen) atoms. The lowest BCUT2D eigenvalue weighted by Gasteiger charge is -2.14. The number of benzene rings is 1. The van der Waals surface area contributed by atoms with Crippen LogP contribution in [0.15, 0.2) is 28.8 Å². The predicted octanol–water partition coefficient (Wildman–Crippen LogP) is 3.49. The number of amides is 1. The van der Waals surface area contributed by atoms with Crippen molar-refractivity contribution in [2.24, 2.45) is 5.92 Å². The molecule has 0 fully saturated rings. The third-order valence-electron chi connectivity index (χ3n) is 3.44. The first-order valence-electron chi connectivity index (χ1n) is 7.41. The van der Waals surface area contributed by atoms with Crippen LogP contribution in [-0.2, 0) is 4.79 Å². The molecule has 0 spiro atoms. The molecule has 0 aliphatic rings. The summed E-state index contributed by atoms with van der Waals surface area (Å²) in [5.41, 5.74) is 0.661. The number of carbonyl (C=O) groups excluding carboxylic acids is 1. The van der Waals surface area contributed by atoms with E-state index in [1.54, 1.807) is 19.1 Å². The second-order valence-corrected chi connectivity index (χ2v) is 5.38. The van der Waals surface area contributed by atoms with Gasteiger partial charge in [0.05, 0.1) is 0 Å². The number of aromatic nitrogens is 2. The van der Waals surface area contributed by atoms with Gasteiger partial charge < -0.3 is 9.84 Å². The van der Waals surface area contributed by atoms with Crippen LogP contribution in [0.1, 0.15) is 45.5 Å². The van der Waals surface area contributed by atoms with Crippen LogP contribution in [0.5, 0.6) is 0 Å². The highest BCUT2D eigenvalue weighted by molar-refractivity contribution is 5.78. The lowest BCUT2D eigenvalue weighted by molar-refractivity contribution is -0.125. The molecule has 6 heteroatoms. The third-order valence-corrected chi connectivity index (χ3v) is 3.44. The van der Waals surface area contributed by atoms with Crippen molar-refractivity contribution in [3.8, 4) is 11.4 Å². The summed E-state index contributed by atoms with van der Waals surface area (Å²) in [6.45, 7) is 5.72. The lowest BCUT2D eigenvalue weighted by Crippen LogP contribution is -2.31. The maximum absolute atomic E-state index is 12.9. The number of carbonyl (C=O) groups is 1. The standard InChI is InChI=1S/C16H20FN3O2/c1-4-5-10(2)15(21)18-11(3)16-19-14(20-22-16)12-6-8-13(17)9-7-12/h6-11H,4-5H2,1-3H3,(H,18,21)/t10-,11+/m1/s1. The molecule has 1 heterocycles. The smallest absolute Gasteiger partial charge is 0.249 e. The van der Waals surface area contributed by atoms with Gasteiger partial charge in [-0.1, -0.05) is 25.4 Å². The van der Waals surface area contributed by atoms with E-state index in [1.807, 2.05) is 13.8 Å². The Bertz CT molecular complexity index is 625. The van der Waals surface area contributed by atoms with E-state index >= 15 is 0 Å². The van der Waals surface area contributed by atoms with E-state index in [1.165, 1.54) is 12.1 Å². The molecule has 118 valence electrons. The third kappa shape index (κ3) is 3.90. The summed E-state index contributed by atoms with van der Waals surface area (Å²) in [5, 5.41) is 6.73. The molecule has 1 amide bonds. The molecule has 0 saturated carbocycles. The normalized spacial score (nSPS) is 13.6. The average Bonchev–Trinajstić information content (AvgIpc) is 2.98. The van der Waals surface area contributed by atoms with Crippen LogP contribution in [0, 0.1) is 11.7 Å². The van der Waals surface area contributed by atoms with Crippen LogP contribution >= 0.6 is 0 Å². The number of nitrogens with one attached hydrogen (secondary N) is 1. The van der Waals surface area contributed by atoms with Crippen LogP contribution in [0.3, 0.4) is 0 Å². The van der Waals surface area contributed by atoms with Crippen molar-refractivity contribution in [2.75, 3.05) is 0 Å². The zero-order valence-electron chi connectivity index (χ0n) is 13.0. The first kappa shape index (κ1) is 16.1. The van der Waals surface area contributed by atoms with Crippen LogP contribution in [0.25, 0.3) is 11.4 Å². The average molecular weight is 305 g/mol. The summed E-state index contributed by atoms with van der Waals surface area (Å²) in [4.78, 5) is 16.2. The fraction of sp³-hybridized carbons (Fsp3) is 0.438. The van der Waals surface area contributed by atoms with E-state index in [9.17, 15) is 9.18 Å². The molecule has 2 aromatic rings. The first-order valence-corrected chi connectivity index (χ1v) is 7.41. The van der Waals surface area contributed by atoms with Gasteiger partial charge in [0.15, 0.2) is 0 Å². The van der Waals surface area contributed by atoms with Gasteiger partial charge in [0.25, 0.3) is 0 Å². The second-order valence-electron chi connectivity index (χ2n) is 5.38. The van der Waals surface area contributed by atoms with Crippen molar-refractivity contribution in [1.29, 1.82) is 0 Å². The first-order chi connectivity index (χ1) is 10.5. The largest absolute Gasteiger partial charge is 0.344 e. The van der Waals surface area contributed by atoms with Gasteiger partial charge in [-0.3, -0.25) is 4.79 Å². The van der Waals surface area contributed by atoms with Crippen molar-refractivity contribution < 1.29 is 13.7 Å². The highest BCUT2D eigenvalue weighted by Crippen LogP contribution is 2.19. The number of halogens is 1. The molecule has 2 atom stereocenters. The van der Waals surface area contributed by atoms with Crippen molar-refractivity contribution in [1.82, 2.24) is 15.5 Å². The summed E-state index contributed by atoms with van der Waals surface area (Å²) in [5.74, 6) is 0.301. The van der Waals surface area contributed by atoms with Gasteiger partial charge >= 0.3 is 0 Å². The van der Waals surface area contributed by atoms with E-state index in [2.05, 4.69) is 15.5 Å². The Kier molecular flexibility index (Phi) is 5.25. The van der Waals surface area contributed by atoms with Gasteiger partial charge in [-0.25, -0.2) is 4.39 Å². The van der Waals surface area contributed by atoms with E-state index in [4.69, 9.17) is 4.52 Å². The fourth-order valence-electron chi connectivity index (χ4n) is 2.11. The SMILES string of the molecule is CCC[C@@H](C)C(=O)N[C@@H](C)c1nc(-c2ccc(F)cc2)no1. The van der Waals surface area contributed by atoms with Gasteiger partial charge in [0.2, 0.25) is 17.6 Å². The van der Waals surface area contributed by atoms with Crippen LogP contribution in [0.2, 0.25) is 0 Å². The molecule has 0 bridgehead atoms. The summed E-state index contributed by atoms with van der Waals surface area (Å²) in [6, 6.07) is 5.47. The van der Waals surface area contributed by atoms with E-state index in [-0.39, 0.29) is 23.7 Å². The molecule has 0 aliphatic heterocycles. The lowest BCUT2D eigenvalue weighted by atomic mass is 10.1. The van der Waals surface area contributed by atoms with E-state index in [0.29, 0.717) is 17.3 Å². The molecule has 0 radical (unpaired) electrons. The monoisotopic (exact) mass is 305 g/mol. The Hall–Kier alpha value is -2.24. The quantitative estimate of drug-likeness (QED) is 0.887. The number of hydrogen-bond donors (Lipinski definition) is 1. The summed E-state index contributed by atoms with van der Waals surface area (Å²) >= 11 is 0. The van der Waals surface area contributed by atoms with Gasteiger partial charge in [-0.15, -0.1) is 0 Å². The van der Waals surface area contributed by atoms with Crippen molar-refractivity contribution in [3.63, 3.8) is 0 Å². The van der Waals surface area contributed by atoms with Crippen molar-refractivity contribution in [3.05, 3.63) is 36.0 Å². The van der Waals surface area contributed by atoms with E-state index < -0.39 is 0 Å². The number of hydrogen-bond acceptors (Lipinski definition) is 4. The minimum Gasteiger partial charge on any atom is -0.344 e. The summed E-state index contributed by atoms with van der Waals surface area (Å²) < 4.78 is 18.1. The Morgan fingerprint density at radius 3 is 2.64 bits per heavy atom. The molecule has 1 N–H and O–H groups in total. The highest BCUT2D eigenvalue weighted by atomic mass is 19.1. The van der Waals surface area contributed by atoms with Gasteiger partial charge in [0.1, 0.15) is 11.9 Å². The predicted molar refractivity (Wildman–Crippen MR) is 80.3 cm³/mol. The fourth-order valence-corrected chi connectivity index (χ4v) is 2.11.